The Labute approximate surface area is 183 Å². The van der Waals surface area contributed by atoms with Crippen molar-refractivity contribution in [2.24, 2.45) is 22.2 Å². The molecule has 176 valence electrons. The lowest BCUT2D eigenvalue weighted by molar-refractivity contribution is -0.143. The van der Waals surface area contributed by atoms with Gasteiger partial charge in [-0.3, -0.25) is 24.2 Å². The van der Waals surface area contributed by atoms with Gasteiger partial charge in [-0.2, -0.15) is 12.6 Å². The van der Waals surface area contributed by atoms with E-state index in [-0.39, 0.29) is 24.6 Å². The Morgan fingerprint density at radius 2 is 1.61 bits per heavy atom. The van der Waals surface area contributed by atoms with Crippen LogP contribution in [0.1, 0.15) is 25.7 Å². The van der Waals surface area contributed by atoms with E-state index in [0.29, 0.717) is 13.0 Å². The molecular weight excluding hydrogens is 434 g/mol. The maximum atomic E-state index is 12.2. The van der Waals surface area contributed by atoms with Crippen molar-refractivity contribution in [3.8, 4) is 0 Å². The van der Waals surface area contributed by atoms with Crippen molar-refractivity contribution in [2.75, 3.05) is 18.8 Å². The van der Waals surface area contributed by atoms with Crippen molar-refractivity contribution >= 4 is 48.2 Å². The highest BCUT2D eigenvalue weighted by molar-refractivity contribution is 7.80. The van der Waals surface area contributed by atoms with Gasteiger partial charge in [-0.1, -0.05) is 0 Å². The molecule has 3 unspecified atom stereocenters. The second-order valence-corrected chi connectivity index (χ2v) is 6.77. The monoisotopic (exact) mass is 463 g/mol. The van der Waals surface area contributed by atoms with Crippen LogP contribution in [0, 0.1) is 0 Å². The molecule has 0 heterocycles. The second-order valence-electron chi connectivity index (χ2n) is 6.41. The fourth-order valence-corrected chi connectivity index (χ4v) is 2.44. The predicted molar refractivity (Wildman–Crippen MR) is 113 cm³/mol. The van der Waals surface area contributed by atoms with Crippen LogP contribution in [-0.2, 0) is 24.0 Å². The van der Waals surface area contributed by atoms with Gasteiger partial charge < -0.3 is 43.4 Å². The largest absolute Gasteiger partial charge is 0.481 e. The summed E-state index contributed by atoms with van der Waals surface area (Å²) in [7, 11) is 0. The van der Waals surface area contributed by atoms with Gasteiger partial charge in [0.1, 0.15) is 12.1 Å². The lowest BCUT2D eigenvalue weighted by Crippen LogP contribution is -2.54. The number of guanidine groups is 1. The molecule has 31 heavy (non-hydrogen) atoms. The quantitative estimate of drug-likeness (QED) is 0.0497. The third-order valence-corrected chi connectivity index (χ3v) is 4.19. The van der Waals surface area contributed by atoms with Crippen LogP contribution in [-0.4, -0.2) is 82.8 Å². The third-order valence-electron chi connectivity index (χ3n) is 3.82. The van der Waals surface area contributed by atoms with Crippen molar-refractivity contribution in [3.05, 3.63) is 0 Å². The van der Waals surface area contributed by atoms with Gasteiger partial charge >= 0.3 is 11.9 Å². The van der Waals surface area contributed by atoms with Crippen LogP contribution in [0.4, 0.5) is 0 Å². The summed E-state index contributed by atoms with van der Waals surface area (Å²) < 4.78 is 0. The normalized spacial score (nSPS) is 13.2. The summed E-state index contributed by atoms with van der Waals surface area (Å²) in [6.45, 7) is -0.175. The number of carbonyl (C=O) groups excluding carboxylic acids is 3. The molecule has 0 fully saturated rings. The highest BCUT2D eigenvalue weighted by atomic mass is 32.1. The number of nitrogens with two attached hydrogens (primary N) is 3. The molecule has 0 spiro atoms. The zero-order valence-electron chi connectivity index (χ0n) is 16.7. The zero-order chi connectivity index (χ0) is 24.0. The number of rotatable bonds is 15. The average Bonchev–Trinajstić information content (AvgIpc) is 2.69. The van der Waals surface area contributed by atoms with Crippen LogP contribution < -0.4 is 33.2 Å². The Morgan fingerprint density at radius 3 is 2.13 bits per heavy atom. The Kier molecular flexibility index (Phi) is 13.4. The summed E-state index contributed by atoms with van der Waals surface area (Å²) in [5.41, 5.74) is 16.1. The number of aliphatic carboxylic acids is 2. The summed E-state index contributed by atoms with van der Waals surface area (Å²) in [6.07, 6.45) is -0.0693. The number of hydrogen-bond donors (Lipinski definition) is 9. The Bertz CT molecular complexity index is 685. The van der Waals surface area contributed by atoms with Crippen molar-refractivity contribution in [1.82, 2.24) is 16.0 Å². The van der Waals surface area contributed by atoms with Gasteiger partial charge in [0.2, 0.25) is 17.7 Å². The summed E-state index contributed by atoms with van der Waals surface area (Å²) in [4.78, 5) is 61.6. The Morgan fingerprint density at radius 1 is 0.968 bits per heavy atom. The van der Waals surface area contributed by atoms with Crippen molar-refractivity contribution in [1.29, 1.82) is 0 Å². The van der Waals surface area contributed by atoms with E-state index in [9.17, 15) is 24.0 Å². The van der Waals surface area contributed by atoms with E-state index in [2.05, 4.69) is 33.6 Å². The van der Waals surface area contributed by atoms with E-state index in [0.717, 1.165) is 0 Å². The number of carbonyl (C=O) groups is 5. The maximum Gasteiger partial charge on any atom is 0.326 e. The standard InChI is InChI=1S/C16H29N7O7S/c17-8(2-1-5-20-16(18)19)13(27)21-6-11(24)22-10(7-31)14(28)23-9(15(29)30)3-4-12(25)26/h8-10,31H,1-7,17H2,(H,21,27)(H,22,24)(H,23,28)(H,25,26)(H,29,30)(H4,18,19,20). The van der Waals surface area contributed by atoms with Gasteiger partial charge in [-0.15, -0.1) is 0 Å². The maximum absolute atomic E-state index is 12.2. The molecule has 0 aliphatic heterocycles. The number of aliphatic imine (C=N–C) groups is 1. The lowest BCUT2D eigenvalue weighted by atomic mass is 10.1. The topological polar surface area (TPSA) is 252 Å². The minimum Gasteiger partial charge on any atom is -0.481 e. The van der Waals surface area contributed by atoms with Crippen LogP contribution in [0.15, 0.2) is 4.99 Å². The fraction of sp³-hybridized carbons (Fsp3) is 0.625. The summed E-state index contributed by atoms with van der Waals surface area (Å²) >= 11 is 3.94. The van der Waals surface area contributed by atoms with Crippen molar-refractivity contribution < 1.29 is 34.2 Å². The van der Waals surface area contributed by atoms with Crippen LogP contribution >= 0.6 is 12.6 Å². The zero-order valence-corrected chi connectivity index (χ0v) is 17.6. The molecule has 15 heteroatoms. The smallest absolute Gasteiger partial charge is 0.326 e. The first-order valence-electron chi connectivity index (χ1n) is 9.21. The first-order valence-corrected chi connectivity index (χ1v) is 9.85. The molecule has 0 aromatic carbocycles. The molecule has 0 aromatic heterocycles. The molecule has 0 aliphatic rings. The van der Waals surface area contributed by atoms with E-state index >= 15 is 0 Å². The van der Waals surface area contributed by atoms with Gasteiger partial charge in [-0.25, -0.2) is 4.79 Å². The van der Waals surface area contributed by atoms with Gasteiger partial charge in [0.15, 0.2) is 5.96 Å². The Balaban J connectivity index is 4.53. The van der Waals surface area contributed by atoms with Crippen molar-refractivity contribution in [2.45, 2.75) is 43.8 Å². The summed E-state index contributed by atoms with van der Waals surface area (Å²) in [5.74, 6) is -5.05. The molecule has 0 bridgehead atoms. The molecule has 0 aliphatic carbocycles. The van der Waals surface area contributed by atoms with E-state index < -0.39 is 60.8 Å². The highest BCUT2D eigenvalue weighted by Gasteiger charge is 2.26. The van der Waals surface area contributed by atoms with Gasteiger partial charge in [0, 0.05) is 18.7 Å². The van der Waals surface area contributed by atoms with Crippen LogP contribution in [0.5, 0.6) is 0 Å². The fourth-order valence-electron chi connectivity index (χ4n) is 2.19. The number of nitrogens with zero attached hydrogens (tertiary/aromatic N) is 1. The molecule has 0 saturated carbocycles. The Hall–Kier alpha value is -3.07. The first-order chi connectivity index (χ1) is 14.5. The number of carboxylic acids is 2. The molecule has 0 aromatic rings. The number of thiol groups is 1. The van der Waals surface area contributed by atoms with E-state index in [1.807, 2.05) is 0 Å². The van der Waals surface area contributed by atoms with Crippen LogP contribution in [0.25, 0.3) is 0 Å². The predicted octanol–water partition coefficient (Wildman–Crippen LogP) is -3.67. The molecule has 0 radical (unpaired) electrons. The third kappa shape index (κ3) is 13.0. The van der Waals surface area contributed by atoms with Crippen LogP contribution in [0.3, 0.4) is 0 Å². The molecule has 3 atom stereocenters. The van der Waals surface area contributed by atoms with E-state index in [1.165, 1.54) is 0 Å². The second kappa shape index (κ2) is 14.8. The molecule has 14 nitrogen and oxygen atoms in total. The van der Waals surface area contributed by atoms with Gasteiger partial charge in [0.05, 0.1) is 12.6 Å². The molecule has 0 saturated heterocycles. The van der Waals surface area contributed by atoms with E-state index in [1.54, 1.807) is 0 Å². The average molecular weight is 464 g/mol. The molecular formula is C16H29N7O7S. The number of amides is 3. The summed E-state index contributed by atoms with van der Waals surface area (Å²) in [6, 6.07) is -3.54. The van der Waals surface area contributed by atoms with E-state index in [4.69, 9.17) is 27.4 Å². The summed E-state index contributed by atoms with van der Waals surface area (Å²) in [5, 5.41) is 24.5. The SMILES string of the molecule is NC(N)=NCCCC(N)C(=O)NCC(=O)NC(CS)C(=O)NC(CCC(=O)O)C(=O)O. The number of carboxylic acid groups (broad SMARTS) is 2. The molecule has 11 N–H and O–H groups in total. The number of hydrogen-bond acceptors (Lipinski definition) is 8. The first kappa shape index (κ1) is 27.9. The minimum atomic E-state index is -1.44. The lowest BCUT2D eigenvalue weighted by Gasteiger charge is -2.20. The molecule has 0 rings (SSSR count). The number of nitrogens with one attached hydrogen (secondary N) is 3. The molecule has 3 amide bonds. The van der Waals surface area contributed by atoms with Gasteiger partial charge in [-0.05, 0) is 19.3 Å². The van der Waals surface area contributed by atoms with Gasteiger partial charge in [0.25, 0.3) is 0 Å². The van der Waals surface area contributed by atoms with Crippen molar-refractivity contribution in [3.63, 3.8) is 0 Å². The minimum absolute atomic E-state index is 0.0750. The van der Waals surface area contributed by atoms with Crippen LogP contribution in [0.2, 0.25) is 0 Å². The highest BCUT2D eigenvalue weighted by Crippen LogP contribution is 2.00.